The summed E-state index contributed by atoms with van der Waals surface area (Å²) >= 11 is 5.01. The Labute approximate surface area is 237 Å². The Morgan fingerprint density at radius 1 is 1.05 bits per heavy atom. The van der Waals surface area contributed by atoms with Crippen LogP contribution in [0.5, 0.6) is 0 Å². The highest BCUT2D eigenvalue weighted by molar-refractivity contribution is 8.07. The summed E-state index contributed by atoms with van der Waals surface area (Å²) in [6.07, 6.45) is -11.6. The van der Waals surface area contributed by atoms with Gasteiger partial charge in [-0.2, -0.15) is 0 Å². The van der Waals surface area contributed by atoms with Gasteiger partial charge in [0, 0.05) is 12.3 Å². The first-order valence-corrected chi connectivity index (χ1v) is 16.0. The molecule has 3 saturated heterocycles. The van der Waals surface area contributed by atoms with Crippen molar-refractivity contribution in [3.63, 3.8) is 0 Å². The minimum absolute atomic E-state index is 0.0153. The largest absolute Gasteiger partial charge is 0.756 e. The standard InChI is InChI=1S/C19H21F2N7O11P2S/c20-10-8-4-35-41(33,42)39-14-11(21)7(36-17(14)27-2-1-9(29)26-19(27)30)3-34-40(31,32)38-13(10)18(37-8)28-6-25-12-15(22)23-5-24-16(12)28/h1-2,5-8,10-11,13-14,17-18H,3-4H2,(H,31,32)(H,33,42)(H2,22,23,24)(H,26,29,30)/p-1/t7-,8-,10-,11-,13-,14-,17-,18-,41?/m1/s1. The Kier molecular flexibility index (Phi) is 7.64. The molecule has 3 fully saturated rings. The van der Waals surface area contributed by atoms with E-state index >= 15 is 8.78 Å². The maximum atomic E-state index is 15.7. The van der Waals surface area contributed by atoms with Gasteiger partial charge in [-0.15, -0.1) is 0 Å². The minimum atomic E-state index is -5.42. The van der Waals surface area contributed by atoms with Crippen molar-refractivity contribution in [2.24, 2.45) is 0 Å². The van der Waals surface area contributed by atoms with Gasteiger partial charge in [0.15, 0.2) is 36.3 Å². The quantitative estimate of drug-likeness (QED) is 0.279. The molecule has 4 N–H and O–H groups in total. The number of rotatable bonds is 2. The zero-order valence-corrected chi connectivity index (χ0v) is 23.3. The number of fused-ring (bicyclic) bond motifs is 5. The Morgan fingerprint density at radius 3 is 2.38 bits per heavy atom. The van der Waals surface area contributed by atoms with Gasteiger partial charge in [-0.1, -0.05) is 0 Å². The molecule has 3 aromatic heterocycles. The molecule has 0 amide bonds. The minimum Gasteiger partial charge on any atom is -0.756 e. The fourth-order valence-corrected chi connectivity index (χ4v) is 7.03. The Hall–Kier alpha value is -2.55. The number of hydrogen-bond acceptors (Lipinski definition) is 15. The van der Waals surface area contributed by atoms with Gasteiger partial charge in [-0.05, 0) is 11.8 Å². The van der Waals surface area contributed by atoms with Crippen LogP contribution in [0.1, 0.15) is 12.5 Å². The van der Waals surface area contributed by atoms with E-state index in [0.29, 0.717) is 0 Å². The van der Waals surface area contributed by atoms with Gasteiger partial charge < -0.3 is 38.6 Å². The van der Waals surface area contributed by atoms with E-state index < -0.39 is 88.2 Å². The summed E-state index contributed by atoms with van der Waals surface area (Å²) in [6, 6.07) is 0.933. The lowest BCUT2D eigenvalue weighted by Crippen LogP contribution is -2.38. The number of anilines is 1. The molecule has 3 aromatic rings. The molecule has 6 heterocycles. The lowest BCUT2D eigenvalue weighted by Gasteiger charge is -2.30. The van der Waals surface area contributed by atoms with Gasteiger partial charge in [0.05, 0.1) is 19.5 Å². The second kappa shape index (κ2) is 10.9. The molecule has 0 spiro atoms. The first-order chi connectivity index (χ1) is 19.8. The van der Waals surface area contributed by atoms with E-state index in [9.17, 15) is 23.9 Å². The molecule has 0 radical (unpaired) electrons. The van der Waals surface area contributed by atoms with Crippen LogP contribution in [0.3, 0.4) is 0 Å². The summed E-state index contributed by atoms with van der Waals surface area (Å²) < 4.78 is 77.6. The second-order valence-electron chi connectivity index (χ2n) is 9.27. The molecule has 10 atom stereocenters. The van der Waals surface area contributed by atoms with Crippen LogP contribution in [0.15, 0.2) is 34.5 Å². The zero-order valence-electron chi connectivity index (χ0n) is 20.7. The molecule has 0 aromatic carbocycles. The van der Waals surface area contributed by atoms with Gasteiger partial charge in [-0.25, -0.2) is 28.5 Å². The van der Waals surface area contributed by atoms with Gasteiger partial charge in [0.25, 0.3) is 13.4 Å². The fourth-order valence-electron chi connectivity index (χ4n) is 4.71. The summed E-state index contributed by atoms with van der Waals surface area (Å²) in [7, 11) is -5.42. The predicted octanol–water partition coefficient (Wildman–Crippen LogP) is -1.07. The van der Waals surface area contributed by atoms with Crippen molar-refractivity contribution in [2.45, 2.75) is 49.2 Å². The first-order valence-electron chi connectivity index (χ1n) is 12.0. The first kappa shape index (κ1) is 29.5. The van der Waals surface area contributed by atoms with Gasteiger partial charge in [0.2, 0.25) is 0 Å². The summed E-state index contributed by atoms with van der Waals surface area (Å²) in [5, 5.41) is 0. The smallest absolute Gasteiger partial charge is 0.330 e. The van der Waals surface area contributed by atoms with Gasteiger partial charge in [-0.3, -0.25) is 28.0 Å². The molecule has 3 aliphatic rings. The number of nitrogens with one attached hydrogen (secondary N) is 1. The number of phosphoric acid groups is 1. The zero-order chi connectivity index (χ0) is 30.0. The normalized spacial score (nSPS) is 39.3. The number of aromatic nitrogens is 6. The van der Waals surface area contributed by atoms with Crippen LogP contribution in [0, 0.1) is 0 Å². The molecule has 0 aliphatic carbocycles. The van der Waals surface area contributed by atoms with E-state index in [2.05, 4.69) is 15.0 Å². The van der Waals surface area contributed by atoms with Crippen molar-refractivity contribution in [1.29, 1.82) is 0 Å². The maximum absolute atomic E-state index is 15.7. The number of hydrogen-bond donors (Lipinski definition) is 3. The summed E-state index contributed by atoms with van der Waals surface area (Å²) in [4.78, 5) is 61.3. The summed E-state index contributed by atoms with van der Waals surface area (Å²) in [6.45, 7) is -6.25. The van der Waals surface area contributed by atoms with E-state index in [4.69, 9.17) is 45.1 Å². The van der Waals surface area contributed by atoms with Crippen LogP contribution in [-0.4, -0.2) is 83.9 Å². The van der Waals surface area contributed by atoms with Crippen molar-refractivity contribution < 1.29 is 50.7 Å². The Balaban J connectivity index is 1.34. The van der Waals surface area contributed by atoms with Crippen LogP contribution < -0.4 is 21.9 Å². The number of imidazole rings is 1. The molecule has 42 heavy (non-hydrogen) atoms. The SMILES string of the molecule is Nc1ncnc2c1ncn2[C@@H]1O[C@@H]2COP(O)(=S)O[C@@H]3[C@H](F)[C@@H](COP(=O)([O-])O[C@@H]1[C@@H]2F)O[C@H]3n1ccc(=O)[nH]c1=O. The molecule has 3 aliphatic heterocycles. The number of nitrogens with two attached hydrogens (primary N) is 1. The van der Waals surface area contributed by atoms with Crippen LogP contribution >= 0.6 is 14.5 Å². The highest BCUT2D eigenvalue weighted by Crippen LogP contribution is 2.53. The maximum Gasteiger partial charge on any atom is 0.330 e. The Bertz CT molecular complexity index is 1730. The van der Waals surface area contributed by atoms with Crippen molar-refractivity contribution >= 4 is 43.3 Å². The summed E-state index contributed by atoms with van der Waals surface area (Å²) in [5.74, 6) is -0.0153. The molecule has 6 rings (SSSR count). The molecule has 228 valence electrons. The third-order valence-corrected chi connectivity index (χ3v) is 9.15. The average molecular weight is 654 g/mol. The highest BCUT2D eigenvalue weighted by Gasteiger charge is 2.53. The number of phosphoric ester groups is 1. The van der Waals surface area contributed by atoms with Crippen LogP contribution in [-0.2, 0) is 43.9 Å². The molecule has 18 nitrogen and oxygen atoms in total. The molecule has 0 saturated carbocycles. The molecular formula is C19H20F2N7O11P2S-. The third kappa shape index (κ3) is 5.46. The number of halogens is 2. The van der Waals surface area contributed by atoms with E-state index in [1.165, 1.54) is 0 Å². The monoisotopic (exact) mass is 654 g/mol. The number of nitrogen functional groups attached to an aromatic ring is 1. The molecular weight excluding hydrogens is 634 g/mol. The lowest BCUT2D eigenvalue weighted by molar-refractivity contribution is -0.236. The number of alkyl halides is 2. The molecule has 23 heteroatoms. The van der Waals surface area contributed by atoms with Crippen molar-refractivity contribution in [1.82, 2.24) is 29.1 Å². The van der Waals surface area contributed by atoms with Crippen LogP contribution in [0.25, 0.3) is 11.2 Å². The summed E-state index contributed by atoms with van der Waals surface area (Å²) in [5.41, 5.74) is 4.16. The average Bonchev–Trinajstić information content (AvgIpc) is 3.57. The second-order valence-corrected chi connectivity index (χ2v) is 13.4. The van der Waals surface area contributed by atoms with E-state index in [1.807, 2.05) is 4.98 Å². The van der Waals surface area contributed by atoms with Gasteiger partial charge in [0.1, 0.15) is 36.3 Å². The van der Waals surface area contributed by atoms with Crippen LogP contribution in [0.2, 0.25) is 0 Å². The van der Waals surface area contributed by atoms with Crippen molar-refractivity contribution in [3.8, 4) is 0 Å². The number of ether oxygens (including phenoxy) is 2. The number of aromatic amines is 1. The highest BCUT2D eigenvalue weighted by atomic mass is 32.5. The predicted molar refractivity (Wildman–Crippen MR) is 134 cm³/mol. The molecule has 4 bridgehead atoms. The van der Waals surface area contributed by atoms with E-state index in [0.717, 1.165) is 34.1 Å². The fraction of sp³-hybridized carbons (Fsp3) is 0.526. The molecule has 2 unspecified atom stereocenters. The van der Waals surface area contributed by atoms with Crippen molar-refractivity contribution in [2.75, 3.05) is 18.9 Å². The van der Waals surface area contributed by atoms with Crippen molar-refractivity contribution in [3.05, 3.63) is 45.8 Å². The third-order valence-electron chi connectivity index (χ3n) is 6.62. The Morgan fingerprint density at radius 2 is 1.69 bits per heavy atom. The number of H-pyrrole nitrogens is 1. The van der Waals surface area contributed by atoms with E-state index in [1.54, 1.807) is 0 Å². The number of nitrogens with zero attached hydrogens (tertiary/aromatic N) is 5. The van der Waals surface area contributed by atoms with Crippen LogP contribution in [0.4, 0.5) is 14.6 Å². The topological polar surface area (TPSA) is 240 Å². The van der Waals surface area contributed by atoms with E-state index in [-0.39, 0.29) is 17.0 Å². The van der Waals surface area contributed by atoms with Gasteiger partial charge >= 0.3 is 12.4 Å². The lowest BCUT2D eigenvalue weighted by atomic mass is 10.1.